The van der Waals surface area contributed by atoms with E-state index in [2.05, 4.69) is 33.7 Å². The number of carboxylic acids is 1. The highest BCUT2D eigenvalue weighted by molar-refractivity contribution is 5.85. The minimum atomic E-state index is -0.860. The van der Waals surface area contributed by atoms with Crippen LogP contribution in [0.25, 0.3) is 10.8 Å². The molecule has 3 rings (SSSR count). The first kappa shape index (κ1) is 13.2. The van der Waals surface area contributed by atoms with Crippen molar-refractivity contribution >= 4 is 16.7 Å². The molecule has 0 bridgehead atoms. The van der Waals surface area contributed by atoms with Gasteiger partial charge in [-0.3, -0.25) is 4.79 Å². The molecule has 1 N–H and O–H groups in total. The number of tetrazole rings is 1. The van der Waals surface area contributed by atoms with E-state index in [1.54, 1.807) is 4.68 Å². The molecule has 0 saturated carbocycles. The molecule has 0 saturated heterocycles. The van der Waals surface area contributed by atoms with Gasteiger partial charge in [0.15, 0.2) is 5.82 Å². The fourth-order valence-corrected chi connectivity index (χ4v) is 2.34. The summed E-state index contributed by atoms with van der Waals surface area (Å²) in [5, 5.41) is 22.6. The predicted octanol–water partition coefficient (Wildman–Crippen LogP) is 1.89. The summed E-state index contributed by atoms with van der Waals surface area (Å²) in [4.78, 5) is 10.7. The molecule has 0 aliphatic carbocycles. The maximum absolute atomic E-state index is 10.7. The molecule has 0 unspecified atom stereocenters. The smallest absolute Gasteiger partial charge is 0.305 e. The number of hydrogen-bond donors (Lipinski definition) is 1. The third-order valence-electron chi connectivity index (χ3n) is 3.37. The van der Waals surface area contributed by atoms with Gasteiger partial charge in [-0.15, -0.1) is 5.10 Å². The van der Waals surface area contributed by atoms with Crippen LogP contribution in [-0.2, 0) is 17.8 Å². The molecule has 21 heavy (non-hydrogen) atoms. The van der Waals surface area contributed by atoms with E-state index in [1.165, 1.54) is 5.39 Å². The highest BCUT2D eigenvalue weighted by Gasteiger charge is 2.10. The van der Waals surface area contributed by atoms with Gasteiger partial charge in [0.2, 0.25) is 0 Å². The summed E-state index contributed by atoms with van der Waals surface area (Å²) in [5.74, 6) is -0.186. The number of carbonyl (C=O) groups is 1. The number of aliphatic carboxylic acids is 1. The number of carboxylic acid groups (broad SMARTS) is 1. The van der Waals surface area contributed by atoms with Crippen LogP contribution in [-0.4, -0.2) is 31.3 Å². The van der Waals surface area contributed by atoms with E-state index >= 15 is 0 Å². The van der Waals surface area contributed by atoms with Crippen LogP contribution >= 0.6 is 0 Å². The Bertz CT molecular complexity index is 777. The second-order valence-electron chi connectivity index (χ2n) is 4.78. The van der Waals surface area contributed by atoms with Crippen molar-refractivity contribution in [2.24, 2.45) is 0 Å². The third-order valence-corrected chi connectivity index (χ3v) is 3.37. The Morgan fingerprint density at radius 3 is 2.81 bits per heavy atom. The first-order valence-electron chi connectivity index (χ1n) is 6.67. The number of aromatic nitrogens is 4. The van der Waals surface area contributed by atoms with Crippen molar-refractivity contribution in [1.82, 2.24) is 20.2 Å². The highest BCUT2D eigenvalue weighted by atomic mass is 16.4. The topological polar surface area (TPSA) is 80.9 Å². The van der Waals surface area contributed by atoms with Gasteiger partial charge in [0.1, 0.15) is 0 Å². The standard InChI is InChI=1S/C15H14N4O2/c20-15(21)8-9-19-14(16-17-18-19)10-12-6-3-5-11-4-1-2-7-13(11)12/h1-7H,8-10H2,(H,20,21). The lowest BCUT2D eigenvalue weighted by atomic mass is 10.0. The van der Waals surface area contributed by atoms with Crippen molar-refractivity contribution in [3.05, 3.63) is 53.9 Å². The molecule has 106 valence electrons. The van der Waals surface area contributed by atoms with Gasteiger partial charge in [-0.2, -0.15) is 0 Å². The number of fused-ring (bicyclic) bond motifs is 1. The van der Waals surface area contributed by atoms with Crippen LogP contribution in [0, 0.1) is 0 Å². The Morgan fingerprint density at radius 1 is 1.14 bits per heavy atom. The average molecular weight is 282 g/mol. The van der Waals surface area contributed by atoms with E-state index in [0.717, 1.165) is 10.9 Å². The molecule has 0 aliphatic rings. The summed E-state index contributed by atoms with van der Waals surface area (Å²) in [6.45, 7) is 0.280. The van der Waals surface area contributed by atoms with Gasteiger partial charge in [0, 0.05) is 6.42 Å². The normalized spacial score (nSPS) is 10.9. The summed E-state index contributed by atoms with van der Waals surface area (Å²) in [7, 11) is 0. The Morgan fingerprint density at radius 2 is 1.95 bits per heavy atom. The van der Waals surface area contributed by atoms with Gasteiger partial charge in [0.05, 0.1) is 13.0 Å². The number of benzene rings is 2. The largest absolute Gasteiger partial charge is 0.481 e. The van der Waals surface area contributed by atoms with Crippen molar-refractivity contribution < 1.29 is 9.90 Å². The van der Waals surface area contributed by atoms with E-state index in [4.69, 9.17) is 5.11 Å². The van der Waals surface area contributed by atoms with E-state index in [-0.39, 0.29) is 13.0 Å². The zero-order chi connectivity index (χ0) is 14.7. The molecule has 0 amide bonds. The molecular weight excluding hydrogens is 268 g/mol. The van der Waals surface area contributed by atoms with E-state index in [0.29, 0.717) is 12.2 Å². The van der Waals surface area contributed by atoms with Gasteiger partial charge in [-0.25, -0.2) is 4.68 Å². The molecule has 2 aromatic carbocycles. The van der Waals surface area contributed by atoms with Crippen LogP contribution in [0.1, 0.15) is 17.8 Å². The van der Waals surface area contributed by atoms with Crippen LogP contribution in [0.5, 0.6) is 0 Å². The maximum Gasteiger partial charge on any atom is 0.305 e. The molecule has 0 spiro atoms. The Hall–Kier alpha value is -2.76. The summed E-state index contributed by atoms with van der Waals surface area (Å²) in [5.41, 5.74) is 1.12. The van der Waals surface area contributed by atoms with Gasteiger partial charge in [-0.1, -0.05) is 42.5 Å². The molecule has 6 nitrogen and oxygen atoms in total. The van der Waals surface area contributed by atoms with Crippen LogP contribution in [0.3, 0.4) is 0 Å². The molecule has 0 atom stereocenters. The first-order valence-corrected chi connectivity index (χ1v) is 6.67. The third kappa shape index (κ3) is 2.89. The van der Waals surface area contributed by atoms with Crippen molar-refractivity contribution in [2.45, 2.75) is 19.4 Å². The molecule has 0 fully saturated rings. The van der Waals surface area contributed by atoms with Crippen molar-refractivity contribution in [3.8, 4) is 0 Å². The van der Waals surface area contributed by atoms with E-state index < -0.39 is 5.97 Å². The van der Waals surface area contributed by atoms with Crippen molar-refractivity contribution in [1.29, 1.82) is 0 Å². The van der Waals surface area contributed by atoms with E-state index in [1.807, 2.05) is 24.3 Å². The summed E-state index contributed by atoms with van der Waals surface area (Å²) in [6, 6.07) is 14.2. The molecule has 1 heterocycles. The van der Waals surface area contributed by atoms with Crippen LogP contribution in [0.4, 0.5) is 0 Å². The lowest BCUT2D eigenvalue weighted by molar-refractivity contribution is -0.137. The number of aryl methyl sites for hydroxylation is 1. The van der Waals surface area contributed by atoms with Gasteiger partial charge in [-0.05, 0) is 26.8 Å². The van der Waals surface area contributed by atoms with Crippen molar-refractivity contribution in [3.63, 3.8) is 0 Å². The minimum Gasteiger partial charge on any atom is -0.481 e. The first-order chi connectivity index (χ1) is 10.2. The van der Waals surface area contributed by atoms with Gasteiger partial charge < -0.3 is 5.11 Å². The number of rotatable bonds is 5. The molecular formula is C15H14N4O2. The second-order valence-corrected chi connectivity index (χ2v) is 4.78. The van der Waals surface area contributed by atoms with Crippen molar-refractivity contribution in [2.75, 3.05) is 0 Å². The van der Waals surface area contributed by atoms with Crippen LogP contribution < -0.4 is 0 Å². The zero-order valence-electron chi connectivity index (χ0n) is 11.3. The molecule has 3 aromatic rings. The maximum atomic E-state index is 10.7. The SMILES string of the molecule is O=C(O)CCn1nnnc1Cc1cccc2ccccc12. The quantitative estimate of drug-likeness (QED) is 0.773. The van der Waals surface area contributed by atoms with Gasteiger partial charge in [0.25, 0.3) is 0 Å². The molecule has 0 aliphatic heterocycles. The predicted molar refractivity (Wildman–Crippen MR) is 76.8 cm³/mol. The zero-order valence-corrected chi connectivity index (χ0v) is 11.3. The second kappa shape index (κ2) is 5.70. The molecule has 6 heteroatoms. The number of nitrogens with zero attached hydrogens (tertiary/aromatic N) is 4. The van der Waals surface area contributed by atoms with Gasteiger partial charge >= 0.3 is 5.97 Å². The lowest BCUT2D eigenvalue weighted by Crippen LogP contribution is -2.10. The highest BCUT2D eigenvalue weighted by Crippen LogP contribution is 2.20. The fraction of sp³-hybridized carbons (Fsp3) is 0.200. The Kier molecular flexibility index (Phi) is 3.59. The summed E-state index contributed by atoms with van der Waals surface area (Å²) in [6.07, 6.45) is 0.585. The monoisotopic (exact) mass is 282 g/mol. The molecule has 1 aromatic heterocycles. The lowest BCUT2D eigenvalue weighted by Gasteiger charge is -2.06. The van der Waals surface area contributed by atoms with Crippen LogP contribution in [0.15, 0.2) is 42.5 Å². The Labute approximate surface area is 121 Å². The molecule has 0 radical (unpaired) electrons. The Balaban J connectivity index is 1.89. The minimum absolute atomic E-state index is 0.00752. The van der Waals surface area contributed by atoms with Crippen LogP contribution in [0.2, 0.25) is 0 Å². The fourth-order valence-electron chi connectivity index (χ4n) is 2.34. The summed E-state index contributed by atoms with van der Waals surface area (Å²) < 4.78 is 1.55. The average Bonchev–Trinajstić information content (AvgIpc) is 2.93. The van der Waals surface area contributed by atoms with E-state index in [9.17, 15) is 4.79 Å². The number of hydrogen-bond acceptors (Lipinski definition) is 4. The summed E-state index contributed by atoms with van der Waals surface area (Å²) >= 11 is 0.